The average Bonchev–Trinajstić information content (AvgIpc) is 2.60. The van der Waals surface area contributed by atoms with Gasteiger partial charge in [-0.15, -0.1) is 11.3 Å². The van der Waals surface area contributed by atoms with Gasteiger partial charge >= 0.3 is 0 Å². The van der Waals surface area contributed by atoms with Crippen LogP contribution in [-0.4, -0.2) is 25.2 Å². The van der Waals surface area contributed by atoms with Gasteiger partial charge < -0.3 is 15.8 Å². The fourth-order valence-electron chi connectivity index (χ4n) is 0.915. The van der Waals surface area contributed by atoms with Crippen molar-refractivity contribution >= 4 is 11.3 Å². The van der Waals surface area contributed by atoms with Crippen LogP contribution in [0.2, 0.25) is 0 Å². The van der Waals surface area contributed by atoms with Crippen molar-refractivity contribution < 1.29 is 4.74 Å². The molecule has 0 aromatic carbocycles. The fraction of sp³-hybridized carbons (Fsp3) is 0.625. The SMILES string of the molecule is COCCNCc1csc(CN)n1. The first kappa shape index (κ1) is 10.6. The van der Waals surface area contributed by atoms with Gasteiger partial charge in [-0.05, 0) is 0 Å². The number of ether oxygens (including phenoxy) is 1. The molecule has 0 unspecified atom stereocenters. The number of thiazole rings is 1. The van der Waals surface area contributed by atoms with E-state index in [0.29, 0.717) is 6.54 Å². The summed E-state index contributed by atoms with van der Waals surface area (Å²) < 4.78 is 4.91. The molecule has 0 saturated carbocycles. The molecule has 0 fully saturated rings. The minimum atomic E-state index is 0.530. The van der Waals surface area contributed by atoms with E-state index in [9.17, 15) is 0 Å². The molecule has 0 spiro atoms. The lowest BCUT2D eigenvalue weighted by atomic mass is 10.5. The van der Waals surface area contributed by atoms with Crippen LogP contribution in [0.5, 0.6) is 0 Å². The van der Waals surface area contributed by atoms with E-state index < -0.39 is 0 Å². The molecule has 0 amide bonds. The van der Waals surface area contributed by atoms with Crippen molar-refractivity contribution in [3.63, 3.8) is 0 Å². The predicted octanol–water partition coefficient (Wildman–Crippen LogP) is 0.338. The van der Waals surface area contributed by atoms with Gasteiger partial charge in [-0.3, -0.25) is 0 Å². The number of nitrogens with two attached hydrogens (primary N) is 1. The highest BCUT2D eigenvalue weighted by atomic mass is 32.1. The third kappa shape index (κ3) is 3.82. The zero-order chi connectivity index (χ0) is 9.52. The molecule has 1 heterocycles. The predicted molar refractivity (Wildman–Crippen MR) is 53.6 cm³/mol. The summed E-state index contributed by atoms with van der Waals surface area (Å²) in [4.78, 5) is 4.32. The van der Waals surface area contributed by atoms with E-state index in [0.717, 1.165) is 30.4 Å². The molecule has 0 radical (unpaired) electrons. The molecule has 13 heavy (non-hydrogen) atoms. The second-order valence-corrected chi connectivity index (χ2v) is 3.55. The zero-order valence-electron chi connectivity index (χ0n) is 7.75. The summed E-state index contributed by atoms with van der Waals surface area (Å²) in [7, 11) is 1.69. The topological polar surface area (TPSA) is 60.2 Å². The maximum Gasteiger partial charge on any atom is 0.106 e. The van der Waals surface area contributed by atoms with E-state index in [-0.39, 0.29) is 0 Å². The molecule has 0 aliphatic carbocycles. The molecule has 4 nitrogen and oxygen atoms in total. The van der Waals surface area contributed by atoms with E-state index in [1.165, 1.54) is 0 Å². The van der Waals surface area contributed by atoms with Crippen LogP contribution in [0.3, 0.4) is 0 Å². The molecule has 5 heteroatoms. The quantitative estimate of drug-likeness (QED) is 0.651. The summed E-state index contributed by atoms with van der Waals surface area (Å²) in [6, 6.07) is 0. The van der Waals surface area contributed by atoms with Crippen LogP contribution in [0.15, 0.2) is 5.38 Å². The van der Waals surface area contributed by atoms with Gasteiger partial charge in [0.15, 0.2) is 0 Å². The highest BCUT2D eigenvalue weighted by Gasteiger charge is 1.98. The Kier molecular flexibility index (Phi) is 4.92. The highest BCUT2D eigenvalue weighted by molar-refractivity contribution is 7.09. The third-order valence-corrected chi connectivity index (χ3v) is 2.48. The first-order valence-corrected chi connectivity index (χ1v) is 5.07. The van der Waals surface area contributed by atoms with Gasteiger partial charge in [-0.1, -0.05) is 0 Å². The van der Waals surface area contributed by atoms with E-state index in [1.807, 2.05) is 5.38 Å². The lowest BCUT2D eigenvalue weighted by Crippen LogP contribution is -2.18. The molecule has 0 aliphatic rings. The summed E-state index contributed by atoms with van der Waals surface area (Å²) >= 11 is 1.61. The minimum Gasteiger partial charge on any atom is -0.383 e. The third-order valence-electron chi connectivity index (χ3n) is 1.56. The Bertz CT molecular complexity index is 239. The van der Waals surface area contributed by atoms with Crippen LogP contribution in [0, 0.1) is 0 Å². The van der Waals surface area contributed by atoms with Crippen molar-refractivity contribution in [3.05, 3.63) is 16.1 Å². The normalized spacial score (nSPS) is 10.6. The molecule has 1 rings (SSSR count). The largest absolute Gasteiger partial charge is 0.383 e. The standard InChI is InChI=1S/C8H15N3OS/c1-12-3-2-10-5-7-6-13-8(4-9)11-7/h6,10H,2-5,9H2,1H3. The second kappa shape index (κ2) is 6.04. The van der Waals surface area contributed by atoms with Crippen LogP contribution >= 0.6 is 11.3 Å². The van der Waals surface area contributed by atoms with Gasteiger partial charge in [0.2, 0.25) is 0 Å². The van der Waals surface area contributed by atoms with Crippen molar-refractivity contribution in [1.82, 2.24) is 10.3 Å². The Hall–Kier alpha value is -0.490. The smallest absolute Gasteiger partial charge is 0.106 e. The van der Waals surface area contributed by atoms with Crippen LogP contribution in [0.25, 0.3) is 0 Å². The molecule has 0 saturated heterocycles. The fourth-order valence-corrected chi connectivity index (χ4v) is 1.59. The van der Waals surface area contributed by atoms with Gasteiger partial charge in [0.25, 0.3) is 0 Å². The highest BCUT2D eigenvalue weighted by Crippen LogP contribution is 2.07. The zero-order valence-corrected chi connectivity index (χ0v) is 8.56. The van der Waals surface area contributed by atoms with Gasteiger partial charge in [0.05, 0.1) is 12.3 Å². The lowest BCUT2D eigenvalue weighted by Gasteiger charge is -2.00. The van der Waals surface area contributed by atoms with Crippen molar-refractivity contribution in [1.29, 1.82) is 0 Å². The first-order valence-electron chi connectivity index (χ1n) is 4.20. The number of aromatic nitrogens is 1. The van der Waals surface area contributed by atoms with Gasteiger partial charge in [-0.25, -0.2) is 4.98 Å². The van der Waals surface area contributed by atoms with E-state index >= 15 is 0 Å². The Balaban J connectivity index is 2.20. The van der Waals surface area contributed by atoms with E-state index in [2.05, 4.69) is 10.3 Å². The molecule has 0 atom stereocenters. The number of nitrogens with one attached hydrogen (secondary N) is 1. The Morgan fingerprint density at radius 3 is 3.15 bits per heavy atom. The first-order chi connectivity index (χ1) is 6.36. The van der Waals surface area contributed by atoms with Gasteiger partial charge in [0.1, 0.15) is 5.01 Å². The number of hydrogen-bond donors (Lipinski definition) is 2. The molecule has 0 aliphatic heterocycles. The van der Waals surface area contributed by atoms with Crippen molar-refractivity contribution in [2.75, 3.05) is 20.3 Å². The van der Waals surface area contributed by atoms with Gasteiger partial charge in [0, 0.05) is 32.1 Å². The molecule has 3 N–H and O–H groups in total. The molecule has 0 bridgehead atoms. The lowest BCUT2D eigenvalue weighted by molar-refractivity contribution is 0.199. The summed E-state index contributed by atoms with van der Waals surface area (Å²) in [5, 5.41) is 6.24. The number of rotatable bonds is 6. The minimum absolute atomic E-state index is 0.530. The summed E-state index contributed by atoms with van der Waals surface area (Å²) in [6.07, 6.45) is 0. The maximum absolute atomic E-state index is 5.45. The monoisotopic (exact) mass is 201 g/mol. The van der Waals surface area contributed by atoms with E-state index in [1.54, 1.807) is 18.4 Å². The molecule has 1 aromatic rings. The number of nitrogens with zero attached hydrogens (tertiary/aromatic N) is 1. The molecular formula is C8H15N3OS. The van der Waals surface area contributed by atoms with Crippen molar-refractivity contribution in [2.24, 2.45) is 5.73 Å². The molecular weight excluding hydrogens is 186 g/mol. The molecule has 74 valence electrons. The Morgan fingerprint density at radius 1 is 1.69 bits per heavy atom. The van der Waals surface area contributed by atoms with Crippen LogP contribution < -0.4 is 11.1 Å². The van der Waals surface area contributed by atoms with E-state index in [4.69, 9.17) is 10.5 Å². The summed E-state index contributed by atoms with van der Waals surface area (Å²) in [6.45, 7) is 2.91. The Morgan fingerprint density at radius 2 is 2.54 bits per heavy atom. The van der Waals surface area contributed by atoms with Crippen molar-refractivity contribution in [3.8, 4) is 0 Å². The van der Waals surface area contributed by atoms with Crippen LogP contribution in [0.4, 0.5) is 0 Å². The number of methoxy groups -OCH3 is 1. The van der Waals surface area contributed by atoms with Gasteiger partial charge in [-0.2, -0.15) is 0 Å². The second-order valence-electron chi connectivity index (χ2n) is 2.61. The summed E-state index contributed by atoms with van der Waals surface area (Å²) in [5.41, 5.74) is 6.50. The average molecular weight is 201 g/mol. The Labute approximate surface area is 82.1 Å². The summed E-state index contributed by atoms with van der Waals surface area (Å²) in [5.74, 6) is 0. The van der Waals surface area contributed by atoms with Crippen LogP contribution in [-0.2, 0) is 17.8 Å². The number of hydrogen-bond acceptors (Lipinski definition) is 5. The van der Waals surface area contributed by atoms with Crippen LogP contribution in [0.1, 0.15) is 10.7 Å². The van der Waals surface area contributed by atoms with Crippen molar-refractivity contribution in [2.45, 2.75) is 13.1 Å². The molecule has 1 aromatic heterocycles. The maximum atomic E-state index is 5.45.